The van der Waals surface area contributed by atoms with Crippen LogP contribution in [0.1, 0.15) is 43.2 Å². The van der Waals surface area contributed by atoms with Crippen LogP contribution in [0.15, 0.2) is 12.1 Å². The molecule has 1 aromatic carbocycles. The lowest BCUT2D eigenvalue weighted by Crippen LogP contribution is -2.48. The first kappa shape index (κ1) is 12.2. The summed E-state index contributed by atoms with van der Waals surface area (Å²) in [5, 5.41) is 0. The van der Waals surface area contributed by atoms with Gasteiger partial charge in [0.1, 0.15) is 5.60 Å². The number of ether oxygens (including phenoxy) is 3. The maximum atomic E-state index is 6.15. The normalized spacial score (nSPS) is 44.0. The zero-order valence-corrected chi connectivity index (χ0v) is 12.9. The third-order valence-electron chi connectivity index (χ3n) is 6.89. The van der Waals surface area contributed by atoms with Crippen LogP contribution >= 0.6 is 0 Å². The van der Waals surface area contributed by atoms with Gasteiger partial charge in [-0.3, -0.25) is 4.90 Å². The molecule has 2 saturated heterocycles. The van der Waals surface area contributed by atoms with E-state index in [1.165, 1.54) is 43.5 Å². The van der Waals surface area contributed by atoms with Gasteiger partial charge in [-0.05, 0) is 62.4 Å². The van der Waals surface area contributed by atoms with E-state index in [1.54, 1.807) is 0 Å². The molecule has 0 aromatic heterocycles. The van der Waals surface area contributed by atoms with Gasteiger partial charge in [0.25, 0.3) is 0 Å². The second-order valence-electron chi connectivity index (χ2n) is 7.78. The third kappa shape index (κ3) is 1.25. The Balaban J connectivity index is 1.59. The molecular weight excluding hydrogens is 278 g/mol. The van der Waals surface area contributed by atoms with Gasteiger partial charge in [-0.15, -0.1) is 0 Å². The van der Waals surface area contributed by atoms with Crippen LogP contribution in [0.4, 0.5) is 0 Å². The first-order valence-electron chi connectivity index (χ1n) is 8.56. The Kier molecular flexibility index (Phi) is 2.01. The molecule has 6 rings (SSSR count). The fraction of sp³-hybridized carbons (Fsp3) is 0.667. The van der Waals surface area contributed by atoms with Gasteiger partial charge in [-0.2, -0.15) is 0 Å². The van der Waals surface area contributed by atoms with Gasteiger partial charge >= 0.3 is 0 Å². The third-order valence-corrected chi connectivity index (χ3v) is 6.89. The van der Waals surface area contributed by atoms with Crippen molar-refractivity contribution in [2.24, 2.45) is 0 Å². The average Bonchev–Trinajstić information content (AvgIpc) is 2.84. The topological polar surface area (TPSA) is 34.2 Å². The van der Waals surface area contributed by atoms with Gasteiger partial charge in [0.15, 0.2) is 11.5 Å². The highest BCUT2D eigenvalue weighted by Crippen LogP contribution is 2.67. The van der Waals surface area contributed by atoms with Crippen LogP contribution in [0, 0.1) is 0 Å². The van der Waals surface area contributed by atoms with E-state index < -0.39 is 0 Å². The lowest BCUT2D eigenvalue weighted by atomic mass is 9.75. The quantitative estimate of drug-likeness (QED) is 0.689. The van der Waals surface area contributed by atoms with Crippen molar-refractivity contribution in [1.29, 1.82) is 0 Å². The summed E-state index contributed by atoms with van der Waals surface area (Å²) in [4.78, 5) is 2.77. The van der Waals surface area contributed by atoms with Crippen LogP contribution in [0.25, 0.3) is 0 Å². The molecule has 0 bridgehead atoms. The summed E-state index contributed by atoms with van der Waals surface area (Å²) >= 11 is 0. The van der Waals surface area contributed by atoms with E-state index in [0.29, 0.717) is 24.4 Å². The van der Waals surface area contributed by atoms with Crippen LogP contribution in [-0.4, -0.2) is 42.0 Å². The Morgan fingerprint density at radius 1 is 1.18 bits per heavy atom. The molecule has 4 heterocycles. The smallest absolute Gasteiger partial charge is 0.231 e. The minimum atomic E-state index is 0.0371. The molecule has 3 fully saturated rings. The van der Waals surface area contributed by atoms with Crippen LogP contribution < -0.4 is 9.47 Å². The largest absolute Gasteiger partial charge is 0.454 e. The zero-order chi connectivity index (χ0) is 14.5. The average molecular weight is 299 g/mol. The molecule has 4 aliphatic heterocycles. The maximum absolute atomic E-state index is 6.15. The minimum Gasteiger partial charge on any atom is -0.454 e. The Hall–Kier alpha value is -1.26. The summed E-state index contributed by atoms with van der Waals surface area (Å²) in [6.07, 6.45) is 5.43. The van der Waals surface area contributed by atoms with Crippen molar-refractivity contribution in [3.63, 3.8) is 0 Å². The van der Waals surface area contributed by atoms with Crippen molar-refractivity contribution < 1.29 is 14.2 Å². The fourth-order valence-corrected chi connectivity index (χ4v) is 5.93. The predicted octanol–water partition coefficient (Wildman–Crippen LogP) is 2.45. The van der Waals surface area contributed by atoms with E-state index >= 15 is 0 Å². The molecule has 4 nitrogen and oxygen atoms in total. The second kappa shape index (κ2) is 3.62. The molecule has 1 spiro atoms. The second-order valence-corrected chi connectivity index (χ2v) is 7.78. The number of rotatable bonds is 0. The molecule has 5 aliphatic rings. The van der Waals surface area contributed by atoms with E-state index in [2.05, 4.69) is 24.0 Å². The molecule has 22 heavy (non-hydrogen) atoms. The summed E-state index contributed by atoms with van der Waals surface area (Å²) in [6.45, 7) is 5.11. The molecule has 4 heteroatoms. The number of nitrogens with zero attached hydrogens (tertiary/aromatic N) is 1. The Morgan fingerprint density at radius 3 is 2.95 bits per heavy atom. The lowest BCUT2D eigenvalue weighted by molar-refractivity contribution is 0.0616. The summed E-state index contributed by atoms with van der Waals surface area (Å²) in [5.74, 6) is 2.33. The van der Waals surface area contributed by atoms with Crippen LogP contribution in [-0.2, 0) is 11.2 Å². The van der Waals surface area contributed by atoms with E-state index in [9.17, 15) is 0 Å². The Morgan fingerprint density at radius 2 is 2.05 bits per heavy atom. The molecule has 1 aromatic rings. The Bertz CT molecular complexity index is 689. The first-order chi connectivity index (χ1) is 10.7. The standard InChI is InChI=1S/C18H21NO3/c1-17-15(22-17)9-18-4-2-5-19(18)6-3-11-7-13-14(21-10-20-13)8-12(11)16(17)18/h7-8,15-16H,2-6,9-10H2,1H3/t15-,16+,17-,18-/m0/s1. The van der Waals surface area contributed by atoms with Gasteiger partial charge in [0, 0.05) is 18.0 Å². The molecular formula is C18H21NO3. The van der Waals surface area contributed by atoms with Crippen molar-refractivity contribution in [3.05, 3.63) is 23.3 Å². The van der Waals surface area contributed by atoms with E-state index in [1.807, 2.05) is 0 Å². The monoisotopic (exact) mass is 299 g/mol. The fourth-order valence-electron chi connectivity index (χ4n) is 5.93. The number of epoxide rings is 1. The molecule has 0 N–H and O–H groups in total. The summed E-state index contributed by atoms with van der Waals surface area (Å²) < 4.78 is 17.4. The van der Waals surface area contributed by atoms with Gasteiger partial charge in [-0.1, -0.05) is 0 Å². The van der Waals surface area contributed by atoms with Crippen LogP contribution in [0.5, 0.6) is 11.5 Å². The van der Waals surface area contributed by atoms with Gasteiger partial charge in [0.05, 0.1) is 6.10 Å². The first-order valence-corrected chi connectivity index (χ1v) is 8.56. The molecule has 116 valence electrons. The molecule has 0 unspecified atom stereocenters. The Labute approximate surface area is 130 Å². The molecule has 4 atom stereocenters. The highest BCUT2D eigenvalue weighted by Gasteiger charge is 2.74. The lowest BCUT2D eigenvalue weighted by Gasteiger charge is -2.42. The molecule has 0 amide bonds. The van der Waals surface area contributed by atoms with Gasteiger partial charge in [0.2, 0.25) is 6.79 Å². The molecule has 0 radical (unpaired) electrons. The van der Waals surface area contributed by atoms with Gasteiger partial charge < -0.3 is 14.2 Å². The SMILES string of the molecule is C[C@]12O[C@H]1C[C@]13CCCN1CCc1cc4c(cc1[C@H]23)OCO4. The molecule has 1 saturated carbocycles. The van der Waals surface area contributed by atoms with E-state index in [-0.39, 0.29) is 5.60 Å². The zero-order valence-electron chi connectivity index (χ0n) is 12.9. The maximum Gasteiger partial charge on any atom is 0.231 e. The highest BCUT2D eigenvalue weighted by molar-refractivity contribution is 5.54. The summed E-state index contributed by atoms with van der Waals surface area (Å²) in [7, 11) is 0. The van der Waals surface area contributed by atoms with Crippen molar-refractivity contribution in [2.45, 2.75) is 55.8 Å². The predicted molar refractivity (Wildman–Crippen MR) is 80.4 cm³/mol. The molecule has 1 aliphatic carbocycles. The summed E-state index contributed by atoms with van der Waals surface area (Å²) in [5.41, 5.74) is 3.28. The van der Waals surface area contributed by atoms with Crippen molar-refractivity contribution in [3.8, 4) is 11.5 Å². The number of benzene rings is 1. The van der Waals surface area contributed by atoms with E-state index in [4.69, 9.17) is 14.2 Å². The number of hydrogen-bond acceptors (Lipinski definition) is 4. The van der Waals surface area contributed by atoms with Gasteiger partial charge in [-0.25, -0.2) is 0 Å². The van der Waals surface area contributed by atoms with Crippen molar-refractivity contribution >= 4 is 0 Å². The van der Waals surface area contributed by atoms with E-state index in [0.717, 1.165) is 17.9 Å². The van der Waals surface area contributed by atoms with Crippen LogP contribution in [0.2, 0.25) is 0 Å². The summed E-state index contributed by atoms with van der Waals surface area (Å²) in [6, 6.07) is 4.49. The van der Waals surface area contributed by atoms with Crippen molar-refractivity contribution in [2.75, 3.05) is 19.9 Å². The van der Waals surface area contributed by atoms with Crippen LogP contribution in [0.3, 0.4) is 0 Å². The number of hydrogen-bond donors (Lipinski definition) is 0. The number of fused-ring (bicyclic) bond motifs is 5. The highest BCUT2D eigenvalue weighted by atomic mass is 16.7. The van der Waals surface area contributed by atoms with Crippen molar-refractivity contribution in [1.82, 2.24) is 4.90 Å². The minimum absolute atomic E-state index is 0.0371.